The Morgan fingerprint density at radius 3 is 2.59 bits per heavy atom. The minimum absolute atomic E-state index is 0.0282. The van der Waals surface area contributed by atoms with Crippen LogP contribution in [0.1, 0.15) is 5.56 Å². The summed E-state index contributed by atoms with van der Waals surface area (Å²) in [6.07, 6.45) is -8.62. The van der Waals surface area contributed by atoms with Crippen LogP contribution in [-0.2, 0) is 16.9 Å². The minimum atomic E-state index is -4.64. The lowest BCUT2D eigenvalue weighted by Gasteiger charge is -2.17. The Labute approximate surface area is 165 Å². The number of anilines is 1. The summed E-state index contributed by atoms with van der Waals surface area (Å²) in [7, 11) is 3.44. The van der Waals surface area contributed by atoms with Gasteiger partial charge in [0.15, 0.2) is 0 Å². The second-order valence-electron chi connectivity index (χ2n) is 6.34. The third kappa shape index (κ3) is 4.73. The largest absolute Gasteiger partial charge is 0.609 e. The molecular weight excluding hydrogens is 417 g/mol. The van der Waals surface area contributed by atoms with Gasteiger partial charge in [-0.05, 0) is 30.3 Å². The van der Waals surface area contributed by atoms with Gasteiger partial charge in [0.2, 0.25) is 0 Å². The number of aromatic nitrogens is 2. The first-order valence-corrected chi connectivity index (χ1v) is 9.57. The highest BCUT2D eigenvalue weighted by molar-refractivity contribution is 7.90. The Balaban J connectivity index is 1.83. The molecule has 0 fully saturated rings. The average Bonchev–Trinajstić information content (AvgIpc) is 3.06. The molecule has 3 aromatic rings. The maximum absolute atomic E-state index is 13.5. The number of fused-ring (bicyclic) bond motifs is 1. The van der Waals surface area contributed by atoms with Crippen LogP contribution in [0.3, 0.4) is 0 Å². The quantitative estimate of drug-likeness (QED) is 0.446. The van der Waals surface area contributed by atoms with Crippen LogP contribution < -0.4 is 9.64 Å². The molecule has 5 nitrogen and oxygen atoms in total. The van der Waals surface area contributed by atoms with Crippen molar-refractivity contribution in [1.29, 1.82) is 0 Å². The molecule has 0 saturated heterocycles. The smallest absolute Gasteiger partial charge is 0.461 e. The first-order chi connectivity index (χ1) is 13.6. The van der Waals surface area contributed by atoms with Crippen molar-refractivity contribution in [1.82, 2.24) is 9.97 Å². The van der Waals surface area contributed by atoms with E-state index in [1.165, 1.54) is 24.3 Å². The number of benzene rings is 2. The number of hydrogen-bond donors (Lipinski definition) is 1. The van der Waals surface area contributed by atoms with Gasteiger partial charge in [-0.3, -0.25) is 4.98 Å². The lowest BCUT2D eigenvalue weighted by atomic mass is 10.2. The molecule has 1 heterocycles. The van der Waals surface area contributed by atoms with Crippen LogP contribution in [0.2, 0.25) is 0 Å². The highest BCUT2D eigenvalue weighted by Gasteiger charge is 2.44. The van der Waals surface area contributed by atoms with Crippen LogP contribution in [0.5, 0.6) is 5.75 Å². The molecule has 156 valence electrons. The Morgan fingerprint density at radius 1 is 1.21 bits per heavy atom. The summed E-state index contributed by atoms with van der Waals surface area (Å²) >= 11 is -1.66. The summed E-state index contributed by atoms with van der Waals surface area (Å²) in [6.45, 7) is 0. The third-order valence-electron chi connectivity index (χ3n) is 3.97. The van der Waals surface area contributed by atoms with E-state index in [9.17, 15) is 26.5 Å². The van der Waals surface area contributed by atoms with E-state index in [1.807, 2.05) is 0 Å². The van der Waals surface area contributed by atoms with Crippen molar-refractivity contribution < 1.29 is 31.2 Å². The van der Waals surface area contributed by atoms with Gasteiger partial charge in [-0.1, -0.05) is 0 Å². The van der Waals surface area contributed by atoms with Crippen LogP contribution in [0, 0.1) is 5.82 Å². The highest BCUT2D eigenvalue weighted by atomic mass is 32.2. The lowest BCUT2D eigenvalue weighted by Crippen LogP contribution is -2.33. The lowest BCUT2D eigenvalue weighted by molar-refractivity contribution is -0.253. The van der Waals surface area contributed by atoms with E-state index in [0.717, 1.165) is 12.1 Å². The number of rotatable bonds is 7. The maximum Gasteiger partial charge on any atom is 0.461 e. The van der Waals surface area contributed by atoms with E-state index >= 15 is 0 Å². The summed E-state index contributed by atoms with van der Waals surface area (Å²) in [6, 6.07) is 7.52. The van der Waals surface area contributed by atoms with Crippen molar-refractivity contribution >= 4 is 27.9 Å². The van der Waals surface area contributed by atoms with Crippen LogP contribution in [-0.4, -0.2) is 41.2 Å². The molecule has 0 aliphatic carbocycles. The van der Waals surface area contributed by atoms with E-state index < -0.39 is 35.3 Å². The maximum atomic E-state index is 13.5. The molecule has 0 radical (unpaired) electrons. The average molecular weight is 433 g/mol. The van der Waals surface area contributed by atoms with Gasteiger partial charge in [0.25, 0.3) is 0 Å². The van der Waals surface area contributed by atoms with Gasteiger partial charge in [0.1, 0.15) is 17.3 Å². The molecule has 2 aromatic carbocycles. The van der Waals surface area contributed by atoms with Crippen molar-refractivity contribution in [2.75, 3.05) is 19.0 Å². The monoisotopic (exact) mass is 433 g/mol. The van der Waals surface area contributed by atoms with Crippen LogP contribution >= 0.6 is 0 Å². The Hall–Kier alpha value is -2.53. The van der Waals surface area contributed by atoms with Crippen LogP contribution in [0.25, 0.3) is 11.0 Å². The molecule has 0 spiro atoms. The second kappa shape index (κ2) is 8.07. The standard InChI is InChI=1S/C18H16F5N3O2S/c1-26(2)15-7-11(19)4-3-10(15)9-29(27)17-24-13-6-5-12(8-14(13)25-17)28-18(22,23)16(20)21/h3-8,16H,9H2,1-2H3,(H,24,25). The van der Waals surface area contributed by atoms with Crippen molar-refractivity contribution in [3.8, 4) is 5.75 Å². The molecule has 0 saturated carbocycles. The van der Waals surface area contributed by atoms with Crippen molar-refractivity contribution in [3.63, 3.8) is 0 Å². The first-order valence-electron chi connectivity index (χ1n) is 8.25. The molecule has 1 aromatic heterocycles. The molecule has 0 bridgehead atoms. The molecular formula is C18H16F5N3O2S. The zero-order valence-electron chi connectivity index (χ0n) is 15.3. The number of H-pyrrole nitrogens is 1. The molecule has 29 heavy (non-hydrogen) atoms. The molecule has 0 aliphatic heterocycles. The summed E-state index contributed by atoms with van der Waals surface area (Å²) in [4.78, 5) is 8.56. The fourth-order valence-electron chi connectivity index (χ4n) is 2.62. The zero-order chi connectivity index (χ0) is 21.3. The number of nitrogens with zero attached hydrogens (tertiary/aromatic N) is 2. The highest BCUT2D eigenvalue weighted by Crippen LogP contribution is 2.30. The number of nitrogens with one attached hydrogen (secondary N) is 1. The summed E-state index contributed by atoms with van der Waals surface area (Å²) in [5.74, 6) is -0.902. The number of aromatic amines is 1. The van der Waals surface area contributed by atoms with Gasteiger partial charge >= 0.3 is 17.7 Å². The summed E-state index contributed by atoms with van der Waals surface area (Å²) in [5, 5.41) is 0.0619. The van der Waals surface area contributed by atoms with E-state index in [0.29, 0.717) is 16.8 Å². The predicted molar refractivity (Wildman–Crippen MR) is 98.5 cm³/mol. The number of ether oxygens (including phenoxy) is 1. The third-order valence-corrected chi connectivity index (χ3v) is 5.17. The van der Waals surface area contributed by atoms with Gasteiger partial charge < -0.3 is 14.2 Å². The molecule has 3 rings (SSSR count). The van der Waals surface area contributed by atoms with E-state index in [2.05, 4.69) is 14.7 Å². The van der Waals surface area contributed by atoms with Gasteiger partial charge in [0, 0.05) is 42.6 Å². The molecule has 11 heteroatoms. The second-order valence-corrected chi connectivity index (χ2v) is 7.71. The zero-order valence-corrected chi connectivity index (χ0v) is 16.1. The summed E-state index contributed by atoms with van der Waals surface area (Å²) in [5.41, 5.74) is 1.67. The molecule has 0 aliphatic rings. The summed E-state index contributed by atoms with van der Waals surface area (Å²) < 4.78 is 80.9. The number of imidazole rings is 1. The van der Waals surface area contributed by atoms with E-state index in [1.54, 1.807) is 19.0 Å². The number of alkyl halides is 4. The van der Waals surface area contributed by atoms with E-state index in [-0.39, 0.29) is 16.4 Å². The van der Waals surface area contributed by atoms with Crippen LogP contribution in [0.4, 0.5) is 27.6 Å². The molecule has 1 N–H and O–H groups in total. The minimum Gasteiger partial charge on any atom is -0.609 e. The molecule has 1 unspecified atom stereocenters. The fraction of sp³-hybridized carbons (Fsp3) is 0.278. The van der Waals surface area contributed by atoms with Crippen molar-refractivity contribution in [3.05, 3.63) is 47.8 Å². The fourth-order valence-corrected chi connectivity index (χ4v) is 3.71. The number of hydrogen-bond acceptors (Lipinski definition) is 4. The SMILES string of the molecule is CN(C)c1cc(F)ccc1C[S+]([O-])c1nc2cc(OC(F)(F)C(F)F)ccc2[nH]1. The number of halogens is 5. The Kier molecular flexibility index (Phi) is 5.90. The van der Waals surface area contributed by atoms with Gasteiger partial charge in [-0.15, -0.1) is 0 Å². The molecule has 0 amide bonds. The van der Waals surface area contributed by atoms with E-state index in [4.69, 9.17) is 0 Å². The Morgan fingerprint density at radius 2 is 1.93 bits per heavy atom. The van der Waals surface area contributed by atoms with Gasteiger partial charge in [0.05, 0.1) is 11.0 Å². The van der Waals surface area contributed by atoms with Gasteiger partial charge in [-0.25, -0.2) is 4.39 Å². The predicted octanol–water partition coefficient (Wildman–Crippen LogP) is 4.31. The van der Waals surface area contributed by atoms with Crippen molar-refractivity contribution in [2.24, 2.45) is 0 Å². The van der Waals surface area contributed by atoms with Crippen LogP contribution in [0.15, 0.2) is 41.6 Å². The van der Waals surface area contributed by atoms with Gasteiger partial charge in [-0.2, -0.15) is 22.5 Å². The topological polar surface area (TPSA) is 64.2 Å². The first kappa shape index (κ1) is 21.2. The Bertz CT molecular complexity index is 1010. The normalized spacial score (nSPS) is 13.1. The van der Waals surface area contributed by atoms with Crippen molar-refractivity contribution in [2.45, 2.75) is 23.4 Å². The molecule has 1 atom stereocenters.